The minimum absolute atomic E-state index is 0.0131. The highest BCUT2D eigenvalue weighted by Crippen LogP contribution is 2.37. The van der Waals surface area contributed by atoms with E-state index in [9.17, 15) is 13.2 Å². The van der Waals surface area contributed by atoms with Gasteiger partial charge in [0, 0.05) is 11.4 Å². The van der Waals surface area contributed by atoms with Gasteiger partial charge >= 0.3 is 6.18 Å². The Balaban J connectivity index is 2.22. The molecule has 0 fully saturated rings. The summed E-state index contributed by atoms with van der Waals surface area (Å²) in [6, 6.07) is 3.84. The van der Waals surface area contributed by atoms with Crippen molar-refractivity contribution >= 4 is 11.3 Å². The predicted octanol–water partition coefficient (Wildman–Crippen LogP) is 3.63. The molecule has 1 atom stereocenters. The summed E-state index contributed by atoms with van der Waals surface area (Å²) in [7, 11) is 0. The maximum Gasteiger partial charge on any atom is 0.419 e. The van der Waals surface area contributed by atoms with Crippen LogP contribution in [0.1, 0.15) is 23.7 Å². The molecule has 0 spiro atoms. The molecule has 0 bridgehead atoms. The fraction of sp³-hybridized carbons (Fsp3) is 0.357. The third-order valence-electron chi connectivity index (χ3n) is 2.77. The summed E-state index contributed by atoms with van der Waals surface area (Å²) >= 11 is 1.37. The summed E-state index contributed by atoms with van der Waals surface area (Å²) in [5, 5.41) is 1.73. The molecule has 1 aromatic heterocycles. The van der Waals surface area contributed by atoms with E-state index in [1.54, 1.807) is 23.9 Å². The maximum atomic E-state index is 13.1. The van der Waals surface area contributed by atoms with Crippen LogP contribution < -0.4 is 10.5 Å². The van der Waals surface area contributed by atoms with Crippen molar-refractivity contribution in [3.63, 3.8) is 0 Å². The maximum absolute atomic E-state index is 13.1. The van der Waals surface area contributed by atoms with Crippen molar-refractivity contribution in [2.24, 2.45) is 5.73 Å². The lowest BCUT2D eigenvalue weighted by atomic mass is 10.0. The van der Waals surface area contributed by atoms with Gasteiger partial charge in [0.2, 0.25) is 0 Å². The first-order valence-corrected chi connectivity index (χ1v) is 7.26. The molecule has 2 N–H and O–H groups in total. The monoisotopic (exact) mass is 316 g/mol. The van der Waals surface area contributed by atoms with Crippen LogP contribution in [0.2, 0.25) is 0 Å². The average Bonchev–Trinajstić information content (AvgIpc) is 2.88. The Morgan fingerprint density at radius 3 is 2.71 bits per heavy atom. The van der Waals surface area contributed by atoms with E-state index in [-0.39, 0.29) is 18.4 Å². The molecule has 2 rings (SSSR count). The molecule has 0 amide bonds. The summed E-state index contributed by atoms with van der Waals surface area (Å²) in [5.74, 6) is -0.191. The SMILES string of the molecule is CC(N)Cc1ccc(OCc2cscn2)c(C(F)(F)F)c1. The fourth-order valence-corrected chi connectivity index (χ4v) is 2.43. The number of aromatic nitrogens is 1. The molecular formula is C14H15F3N2OS. The van der Waals surface area contributed by atoms with E-state index >= 15 is 0 Å². The number of nitrogens with two attached hydrogens (primary N) is 1. The summed E-state index contributed by atoms with van der Waals surface area (Å²) < 4.78 is 44.6. The van der Waals surface area contributed by atoms with Crippen molar-refractivity contribution in [3.05, 3.63) is 45.9 Å². The van der Waals surface area contributed by atoms with Crippen LogP contribution in [0.25, 0.3) is 0 Å². The second kappa shape index (κ2) is 6.44. The van der Waals surface area contributed by atoms with E-state index in [1.807, 2.05) is 0 Å². The van der Waals surface area contributed by atoms with Crippen LogP contribution >= 0.6 is 11.3 Å². The van der Waals surface area contributed by atoms with Gasteiger partial charge in [-0.05, 0) is 31.0 Å². The first-order chi connectivity index (χ1) is 9.86. The quantitative estimate of drug-likeness (QED) is 0.916. The highest BCUT2D eigenvalue weighted by atomic mass is 32.1. The van der Waals surface area contributed by atoms with Crippen molar-refractivity contribution in [2.75, 3.05) is 0 Å². The Morgan fingerprint density at radius 1 is 1.38 bits per heavy atom. The number of hydrogen-bond donors (Lipinski definition) is 1. The molecule has 0 saturated carbocycles. The number of ether oxygens (including phenoxy) is 1. The molecule has 0 aliphatic rings. The molecule has 7 heteroatoms. The Bertz CT molecular complexity index is 582. The number of benzene rings is 1. The zero-order valence-electron chi connectivity index (χ0n) is 11.4. The van der Waals surface area contributed by atoms with Crippen LogP contribution in [0.5, 0.6) is 5.75 Å². The van der Waals surface area contributed by atoms with Gasteiger partial charge in [-0.2, -0.15) is 13.2 Å². The minimum atomic E-state index is -4.47. The number of thiazole rings is 1. The van der Waals surface area contributed by atoms with Crippen molar-refractivity contribution in [1.29, 1.82) is 0 Å². The molecule has 1 heterocycles. The Kier molecular flexibility index (Phi) is 4.84. The third-order valence-corrected chi connectivity index (χ3v) is 3.40. The molecule has 0 radical (unpaired) electrons. The summed E-state index contributed by atoms with van der Waals surface area (Å²) in [4.78, 5) is 3.98. The Labute approximate surface area is 124 Å². The molecule has 0 saturated heterocycles. The lowest BCUT2D eigenvalue weighted by Crippen LogP contribution is -2.18. The molecule has 1 unspecified atom stereocenters. The van der Waals surface area contributed by atoms with Crippen LogP contribution in [-0.4, -0.2) is 11.0 Å². The highest BCUT2D eigenvalue weighted by molar-refractivity contribution is 7.07. The van der Waals surface area contributed by atoms with Gasteiger partial charge in [0.25, 0.3) is 0 Å². The Morgan fingerprint density at radius 2 is 2.14 bits per heavy atom. The number of halogens is 3. The van der Waals surface area contributed by atoms with Crippen LogP contribution in [-0.2, 0) is 19.2 Å². The minimum Gasteiger partial charge on any atom is -0.487 e. The van der Waals surface area contributed by atoms with E-state index in [4.69, 9.17) is 10.5 Å². The van der Waals surface area contributed by atoms with E-state index in [1.165, 1.54) is 17.4 Å². The normalized spacial score (nSPS) is 13.2. The van der Waals surface area contributed by atoms with Crippen molar-refractivity contribution in [1.82, 2.24) is 4.98 Å². The zero-order chi connectivity index (χ0) is 15.5. The number of rotatable bonds is 5. The van der Waals surface area contributed by atoms with Crippen LogP contribution in [0, 0.1) is 0 Å². The summed E-state index contributed by atoms with van der Waals surface area (Å²) in [6.45, 7) is 1.76. The van der Waals surface area contributed by atoms with Crippen molar-refractivity contribution in [2.45, 2.75) is 32.2 Å². The second-order valence-electron chi connectivity index (χ2n) is 4.78. The number of alkyl halides is 3. The molecule has 0 aliphatic heterocycles. The van der Waals surface area contributed by atoms with E-state index < -0.39 is 11.7 Å². The van der Waals surface area contributed by atoms with Gasteiger partial charge in [-0.15, -0.1) is 11.3 Å². The summed E-state index contributed by atoms with van der Waals surface area (Å²) in [5.41, 5.74) is 7.59. The molecular weight excluding hydrogens is 301 g/mol. The Hall–Kier alpha value is -1.60. The standard InChI is InChI=1S/C14H15F3N2OS/c1-9(18)4-10-2-3-13(12(5-10)14(15,16)17)20-6-11-7-21-8-19-11/h2-3,5,7-9H,4,6,18H2,1H3. The van der Waals surface area contributed by atoms with E-state index in [0.717, 1.165) is 6.07 Å². The van der Waals surface area contributed by atoms with E-state index in [2.05, 4.69) is 4.98 Å². The van der Waals surface area contributed by atoms with Gasteiger partial charge < -0.3 is 10.5 Å². The van der Waals surface area contributed by atoms with Gasteiger partial charge in [0.1, 0.15) is 12.4 Å². The first-order valence-electron chi connectivity index (χ1n) is 6.32. The first kappa shape index (κ1) is 15.8. The average molecular weight is 316 g/mol. The van der Waals surface area contributed by atoms with Gasteiger partial charge in [0.05, 0.1) is 16.8 Å². The van der Waals surface area contributed by atoms with Gasteiger partial charge in [-0.3, -0.25) is 0 Å². The zero-order valence-corrected chi connectivity index (χ0v) is 12.2. The molecule has 1 aromatic carbocycles. The third kappa shape index (κ3) is 4.44. The second-order valence-corrected chi connectivity index (χ2v) is 5.50. The van der Waals surface area contributed by atoms with Gasteiger partial charge in [0.15, 0.2) is 0 Å². The smallest absolute Gasteiger partial charge is 0.419 e. The lowest BCUT2D eigenvalue weighted by molar-refractivity contribution is -0.139. The van der Waals surface area contributed by atoms with Crippen LogP contribution in [0.4, 0.5) is 13.2 Å². The van der Waals surface area contributed by atoms with Crippen LogP contribution in [0.3, 0.4) is 0 Å². The summed E-state index contributed by atoms with van der Waals surface area (Å²) in [6.07, 6.45) is -4.08. The predicted molar refractivity (Wildman–Crippen MR) is 75.2 cm³/mol. The van der Waals surface area contributed by atoms with Crippen LogP contribution in [0.15, 0.2) is 29.1 Å². The van der Waals surface area contributed by atoms with Gasteiger partial charge in [-0.25, -0.2) is 4.98 Å². The molecule has 3 nitrogen and oxygen atoms in total. The molecule has 0 aliphatic carbocycles. The lowest BCUT2D eigenvalue weighted by Gasteiger charge is -2.15. The van der Waals surface area contributed by atoms with Gasteiger partial charge in [-0.1, -0.05) is 6.07 Å². The largest absolute Gasteiger partial charge is 0.487 e. The number of nitrogens with zero attached hydrogens (tertiary/aromatic N) is 1. The molecule has 21 heavy (non-hydrogen) atoms. The molecule has 114 valence electrons. The topological polar surface area (TPSA) is 48.1 Å². The number of hydrogen-bond acceptors (Lipinski definition) is 4. The van der Waals surface area contributed by atoms with E-state index in [0.29, 0.717) is 17.7 Å². The molecule has 2 aromatic rings. The van der Waals surface area contributed by atoms with Crippen molar-refractivity contribution < 1.29 is 17.9 Å². The highest BCUT2D eigenvalue weighted by Gasteiger charge is 2.34. The van der Waals surface area contributed by atoms with Crippen molar-refractivity contribution in [3.8, 4) is 5.75 Å². The fourth-order valence-electron chi connectivity index (χ4n) is 1.88.